The molecule has 33 heavy (non-hydrogen) atoms. The second-order valence-electron chi connectivity index (χ2n) is 7.72. The van der Waals surface area contributed by atoms with Gasteiger partial charge in [-0.25, -0.2) is 4.39 Å². The van der Waals surface area contributed by atoms with Crippen LogP contribution in [0.15, 0.2) is 66.7 Å². The largest absolute Gasteiger partial charge is 0.481 e. The number of ether oxygens (including phenoxy) is 3. The van der Waals surface area contributed by atoms with Crippen molar-refractivity contribution in [2.24, 2.45) is 0 Å². The molecule has 1 atom stereocenters. The third-order valence-corrected chi connectivity index (χ3v) is 4.92. The van der Waals surface area contributed by atoms with Crippen LogP contribution in [0.25, 0.3) is 0 Å². The summed E-state index contributed by atoms with van der Waals surface area (Å²) in [7, 11) is 0. The number of hydrogen-bond donors (Lipinski definition) is 1. The standard InChI is InChI=1S/C27H29FO5/c1-3-8-20-18-22(31-21-10-6-5-7-11-21)13-15-24(20)32-27(9-4-2)33-25-14-12-19(16-23(25)28)17-26(29)30/h5-7,10-16,18,27H,3-4,8-9,17H2,1-2H3,(H,29,30). The highest BCUT2D eigenvalue weighted by atomic mass is 19.1. The summed E-state index contributed by atoms with van der Waals surface area (Å²) >= 11 is 0. The molecule has 0 radical (unpaired) electrons. The van der Waals surface area contributed by atoms with E-state index in [2.05, 4.69) is 6.92 Å². The molecule has 6 heteroatoms. The van der Waals surface area contributed by atoms with Crippen LogP contribution in [-0.4, -0.2) is 17.4 Å². The maximum atomic E-state index is 14.5. The normalized spacial score (nSPS) is 11.6. The molecule has 0 heterocycles. The molecule has 3 rings (SSSR count). The Morgan fingerprint density at radius 1 is 0.909 bits per heavy atom. The van der Waals surface area contributed by atoms with Gasteiger partial charge in [0.15, 0.2) is 11.6 Å². The van der Waals surface area contributed by atoms with E-state index in [1.165, 1.54) is 12.1 Å². The first-order chi connectivity index (χ1) is 16.0. The molecule has 0 amide bonds. The lowest BCUT2D eigenvalue weighted by atomic mass is 10.1. The van der Waals surface area contributed by atoms with Gasteiger partial charge >= 0.3 is 5.97 Å². The van der Waals surface area contributed by atoms with Crippen molar-refractivity contribution in [1.82, 2.24) is 0 Å². The van der Waals surface area contributed by atoms with Crippen molar-refractivity contribution in [3.05, 3.63) is 83.7 Å². The summed E-state index contributed by atoms with van der Waals surface area (Å²) in [5.41, 5.74) is 1.35. The van der Waals surface area contributed by atoms with Crippen molar-refractivity contribution in [3.63, 3.8) is 0 Å². The SMILES string of the molecule is CCCc1cc(Oc2ccccc2)ccc1OC(CCC)Oc1ccc(CC(=O)O)cc1F. The zero-order valence-electron chi connectivity index (χ0n) is 18.9. The molecule has 0 aliphatic carbocycles. The van der Waals surface area contributed by atoms with E-state index in [0.717, 1.165) is 30.6 Å². The predicted octanol–water partition coefficient (Wildman–Crippen LogP) is 6.78. The fourth-order valence-corrected chi connectivity index (χ4v) is 3.41. The number of aliphatic carboxylic acids is 1. The molecule has 0 saturated heterocycles. The van der Waals surface area contributed by atoms with Crippen molar-refractivity contribution in [2.75, 3.05) is 0 Å². The first-order valence-corrected chi connectivity index (χ1v) is 11.2. The minimum atomic E-state index is -1.02. The van der Waals surface area contributed by atoms with Crippen molar-refractivity contribution in [1.29, 1.82) is 0 Å². The van der Waals surface area contributed by atoms with Crippen molar-refractivity contribution in [3.8, 4) is 23.0 Å². The average molecular weight is 453 g/mol. The lowest BCUT2D eigenvalue weighted by Crippen LogP contribution is -2.24. The van der Waals surface area contributed by atoms with E-state index < -0.39 is 18.1 Å². The van der Waals surface area contributed by atoms with Crippen LogP contribution in [0.2, 0.25) is 0 Å². The van der Waals surface area contributed by atoms with Gasteiger partial charge in [0.25, 0.3) is 0 Å². The van der Waals surface area contributed by atoms with E-state index in [9.17, 15) is 9.18 Å². The number of benzene rings is 3. The highest BCUT2D eigenvalue weighted by molar-refractivity contribution is 5.70. The Hall–Kier alpha value is -3.54. The third-order valence-electron chi connectivity index (χ3n) is 4.92. The van der Waals surface area contributed by atoms with Gasteiger partial charge in [-0.2, -0.15) is 0 Å². The number of aryl methyl sites for hydroxylation is 1. The molecule has 5 nitrogen and oxygen atoms in total. The summed E-state index contributed by atoms with van der Waals surface area (Å²) in [6.45, 7) is 4.08. The van der Waals surface area contributed by atoms with Gasteiger partial charge in [-0.15, -0.1) is 0 Å². The zero-order chi connectivity index (χ0) is 23.6. The Kier molecular flexibility index (Phi) is 8.70. The van der Waals surface area contributed by atoms with Crippen molar-refractivity contribution in [2.45, 2.75) is 52.2 Å². The van der Waals surface area contributed by atoms with Crippen LogP contribution >= 0.6 is 0 Å². The Morgan fingerprint density at radius 3 is 2.30 bits per heavy atom. The summed E-state index contributed by atoms with van der Waals surface area (Å²) in [5, 5.41) is 8.90. The highest BCUT2D eigenvalue weighted by Crippen LogP contribution is 2.31. The maximum absolute atomic E-state index is 14.5. The Bertz CT molecular complexity index is 1050. The molecule has 3 aromatic rings. The van der Waals surface area contributed by atoms with Crippen LogP contribution in [0.4, 0.5) is 4.39 Å². The third kappa shape index (κ3) is 7.24. The zero-order valence-corrected chi connectivity index (χ0v) is 18.9. The number of carboxylic acids is 1. The second kappa shape index (κ2) is 11.9. The molecule has 0 fully saturated rings. The summed E-state index contributed by atoms with van der Waals surface area (Å²) in [6, 6.07) is 19.4. The van der Waals surface area contributed by atoms with E-state index in [1.807, 2.05) is 55.5 Å². The van der Waals surface area contributed by atoms with Gasteiger partial charge in [0.05, 0.1) is 6.42 Å². The number of carboxylic acid groups (broad SMARTS) is 1. The monoisotopic (exact) mass is 452 g/mol. The minimum Gasteiger partial charge on any atom is -0.481 e. The molecule has 0 spiro atoms. The van der Waals surface area contributed by atoms with E-state index in [4.69, 9.17) is 19.3 Å². The summed E-state index contributed by atoms with van der Waals surface area (Å²) < 4.78 is 32.4. The minimum absolute atomic E-state index is 0.0312. The topological polar surface area (TPSA) is 65.0 Å². The number of para-hydroxylation sites is 1. The smallest absolute Gasteiger partial charge is 0.307 e. The van der Waals surface area contributed by atoms with Crippen molar-refractivity contribution >= 4 is 5.97 Å². The van der Waals surface area contributed by atoms with Crippen LogP contribution in [-0.2, 0) is 17.6 Å². The molecule has 174 valence electrons. The number of hydrogen-bond acceptors (Lipinski definition) is 4. The number of halogens is 1. The molecule has 1 N–H and O–H groups in total. The van der Waals surface area contributed by atoms with Crippen molar-refractivity contribution < 1.29 is 28.5 Å². The molecular formula is C27H29FO5. The highest BCUT2D eigenvalue weighted by Gasteiger charge is 2.17. The van der Waals surface area contributed by atoms with Crippen LogP contribution < -0.4 is 14.2 Å². The second-order valence-corrected chi connectivity index (χ2v) is 7.72. The van der Waals surface area contributed by atoms with Gasteiger partial charge in [-0.1, -0.05) is 44.5 Å². The van der Waals surface area contributed by atoms with Gasteiger partial charge in [0, 0.05) is 6.42 Å². The van der Waals surface area contributed by atoms with Crippen LogP contribution in [0.5, 0.6) is 23.0 Å². The Labute approximate surface area is 193 Å². The first-order valence-electron chi connectivity index (χ1n) is 11.2. The fourth-order valence-electron chi connectivity index (χ4n) is 3.41. The quantitative estimate of drug-likeness (QED) is 0.307. The van der Waals surface area contributed by atoms with Gasteiger partial charge < -0.3 is 19.3 Å². The fraction of sp³-hybridized carbons (Fsp3) is 0.296. The number of carbonyl (C=O) groups is 1. The molecule has 0 bridgehead atoms. The summed E-state index contributed by atoms with van der Waals surface area (Å²) in [4.78, 5) is 10.9. The molecule has 3 aromatic carbocycles. The van der Waals surface area contributed by atoms with Gasteiger partial charge in [0.1, 0.15) is 17.2 Å². The van der Waals surface area contributed by atoms with E-state index >= 15 is 0 Å². The molecule has 0 aromatic heterocycles. The predicted molar refractivity (Wildman–Crippen MR) is 125 cm³/mol. The van der Waals surface area contributed by atoms with Crippen LogP contribution in [0.1, 0.15) is 44.2 Å². The lowest BCUT2D eigenvalue weighted by molar-refractivity contribution is -0.136. The van der Waals surface area contributed by atoms with Crippen LogP contribution in [0, 0.1) is 5.82 Å². The molecular weight excluding hydrogens is 423 g/mol. The molecule has 0 aliphatic rings. The van der Waals surface area contributed by atoms with Crippen LogP contribution in [0.3, 0.4) is 0 Å². The first kappa shape index (κ1) is 24.1. The molecule has 0 aliphatic heterocycles. The lowest BCUT2D eigenvalue weighted by Gasteiger charge is -2.22. The Balaban J connectivity index is 1.77. The van der Waals surface area contributed by atoms with Gasteiger partial charge in [-0.3, -0.25) is 4.79 Å². The van der Waals surface area contributed by atoms with E-state index in [1.54, 1.807) is 6.07 Å². The summed E-state index contributed by atoms with van der Waals surface area (Å²) in [6.07, 6.45) is 2.12. The van der Waals surface area contributed by atoms with E-state index in [0.29, 0.717) is 23.5 Å². The maximum Gasteiger partial charge on any atom is 0.307 e. The van der Waals surface area contributed by atoms with Gasteiger partial charge in [0.2, 0.25) is 6.29 Å². The average Bonchev–Trinajstić information content (AvgIpc) is 2.78. The van der Waals surface area contributed by atoms with E-state index in [-0.39, 0.29) is 12.2 Å². The molecule has 1 unspecified atom stereocenters. The number of rotatable bonds is 12. The molecule has 0 saturated carbocycles. The Morgan fingerprint density at radius 2 is 1.64 bits per heavy atom. The summed E-state index contributed by atoms with van der Waals surface area (Å²) in [5.74, 6) is 0.534. The van der Waals surface area contributed by atoms with Gasteiger partial charge in [-0.05, 0) is 66.4 Å².